The quantitative estimate of drug-likeness (QED) is 0.330. The number of benzene rings is 2. The van der Waals surface area contributed by atoms with Crippen molar-refractivity contribution in [3.05, 3.63) is 95.4 Å². The molecule has 8 heteroatoms. The van der Waals surface area contributed by atoms with Gasteiger partial charge in [-0.2, -0.15) is 4.98 Å². The van der Waals surface area contributed by atoms with Crippen LogP contribution in [0.2, 0.25) is 0 Å². The van der Waals surface area contributed by atoms with Crippen molar-refractivity contribution < 1.29 is 18.5 Å². The maximum Gasteiger partial charge on any atom is 0.322 e. The van der Waals surface area contributed by atoms with E-state index in [1.54, 1.807) is 17.2 Å². The Morgan fingerprint density at radius 3 is 2.50 bits per heavy atom. The third kappa shape index (κ3) is 4.62. The van der Waals surface area contributed by atoms with Gasteiger partial charge in [0.15, 0.2) is 0 Å². The number of nitrogens with zero attached hydrogens (tertiary/aromatic N) is 3. The average Bonchev–Trinajstić information content (AvgIpc) is 3.60. The number of carbonyl (C=O) groups is 1. The van der Waals surface area contributed by atoms with Gasteiger partial charge in [0.05, 0.1) is 31.0 Å². The van der Waals surface area contributed by atoms with Crippen molar-refractivity contribution in [2.45, 2.75) is 39.8 Å². The lowest BCUT2D eigenvalue weighted by Crippen LogP contribution is -2.45. The molecule has 1 unspecified atom stereocenters. The molecule has 2 aromatic heterocycles. The SMILES string of the molecule is CCOc1ccc(C2NC(=O)N(Cc3ccco3)C(C)=C2c2nc(-c3ccc(CC)cc3)no2)cc1. The molecule has 4 aromatic rings. The fourth-order valence-electron chi connectivity index (χ4n) is 4.32. The average molecular weight is 485 g/mol. The Hall–Kier alpha value is -4.33. The van der Waals surface area contributed by atoms with E-state index in [1.165, 1.54) is 5.56 Å². The number of amides is 2. The minimum atomic E-state index is -0.475. The highest BCUT2D eigenvalue weighted by Gasteiger charge is 2.36. The predicted octanol–water partition coefficient (Wildman–Crippen LogP) is 5.99. The summed E-state index contributed by atoms with van der Waals surface area (Å²) in [4.78, 5) is 19.5. The van der Waals surface area contributed by atoms with Crippen LogP contribution in [0.5, 0.6) is 5.75 Å². The van der Waals surface area contributed by atoms with Crippen molar-refractivity contribution >= 4 is 11.6 Å². The molecule has 36 heavy (non-hydrogen) atoms. The summed E-state index contributed by atoms with van der Waals surface area (Å²) in [5, 5.41) is 7.36. The molecule has 2 amide bonds. The van der Waals surface area contributed by atoms with E-state index in [2.05, 4.69) is 29.5 Å². The predicted molar refractivity (Wildman–Crippen MR) is 135 cm³/mol. The van der Waals surface area contributed by atoms with Crippen LogP contribution >= 0.6 is 0 Å². The van der Waals surface area contributed by atoms with Crippen LogP contribution in [0.25, 0.3) is 17.0 Å². The van der Waals surface area contributed by atoms with Crippen LogP contribution in [0, 0.1) is 0 Å². The van der Waals surface area contributed by atoms with Crippen molar-refractivity contribution in [1.29, 1.82) is 0 Å². The number of carbonyl (C=O) groups excluding carboxylic acids is 1. The van der Waals surface area contributed by atoms with E-state index >= 15 is 0 Å². The van der Waals surface area contributed by atoms with Crippen LogP contribution in [0.4, 0.5) is 4.79 Å². The van der Waals surface area contributed by atoms with Crippen LogP contribution < -0.4 is 10.1 Å². The molecule has 0 saturated heterocycles. The first-order chi connectivity index (χ1) is 17.6. The highest BCUT2D eigenvalue weighted by molar-refractivity contribution is 5.86. The van der Waals surface area contributed by atoms with Crippen LogP contribution in [-0.2, 0) is 13.0 Å². The van der Waals surface area contributed by atoms with Gasteiger partial charge in [-0.05, 0) is 55.7 Å². The highest BCUT2D eigenvalue weighted by atomic mass is 16.5. The maximum atomic E-state index is 13.2. The number of hydrogen-bond acceptors (Lipinski definition) is 6. The van der Waals surface area contributed by atoms with Gasteiger partial charge in [-0.15, -0.1) is 0 Å². The lowest BCUT2D eigenvalue weighted by molar-refractivity contribution is 0.199. The summed E-state index contributed by atoms with van der Waals surface area (Å²) in [6.07, 6.45) is 2.55. The van der Waals surface area contributed by atoms with Gasteiger partial charge >= 0.3 is 6.03 Å². The minimum absolute atomic E-state index is 0.235. The molecule has 3 heterocycles. The summed E-state index contributed by atoms with van der Waals surface area (Å²) < 4.78 is 16.9. The third-order valence-corrected chi connectivity index (χ3v) is 6.29. The van der Waals surface area contributed by atoms with Crippen LogP contribution in [-0.4, -0.2) is 27.7 Å². The monoisotopic (exact) mass is 484 g/mol. The molecule has 8 nitrogen and oxygen atoms in total. The fourth-order valence-corrected chi connectivity index (χ4v) is 4.32. The molecular formula is C28H28N4O4. The van der Waals surface area contributed by atoms with E-state index in [-0.39, 0.29) is 12.6 Å². The minimum Gasteiger partial charge on any atom is -0.494 e. The van der Waals surface area contributed by atoms with Gasteiger partial charge in [-0.25, -0.2) is 4.79 Å². The summed E-state index contributed by atoms with van der Waals surface area (Å²) in [5.74, 6) is 2.28. The van der Waals surface area contributed by atoms with Gasteiger partial charge in [0, 0.05) is 11.3 Å². The highest BCUT2D eigenvalue weighted by Crippen LogP contribution is 2.38. The Morgan fingerprint density at radius 1 is 1.06 bits per heavy atom. The molecule has 0 fully saturated rings. The molecule has 1 aliphatic rings. The van der Waals surface area contributed by atoms with Crippen molar-refractivity contribution in [3.63, 3.8) is 0 Å². The lowest BCUT2D eigenvalue weighted by Gasteiger charge is -2.34. The Bertz CT molecular complexity index is 1360. The van der Waals surface area contributed by atoms with Crippen molar-refractivity contribution in [3.8, 4) is 17.1 Å². The number of rotatable bonds is 8. The van der Waals surface area contributed by atoms with Gasteiger partial charge in [0.25, 0.3) is 5.89 Å². The van der Waals surface area contributed by atoms with Crippen LogP contribution in [0.15, 0.2) is 81.6 Å². The maximum absolute atomic E-state index is 13.2. The van der Waals surface area contributed by atoms with E-state index < -0.39 is 6.04 Å². The van der Waals surface area contributed by atoms with Crippen molar-refractivity contribution in [2.75, 3.05) is 6.61 Å². The second-order valence-electron chi connectivity index (χ2n) is 8.52. The number of aromatic nitrogens is 2. The summed E-state index contributed by atoms with van der Waals surface area (Å²) >= 11 is 0. The van der Waals surface area contributed by atoms with E-state index in [0.717, 1.165) is 28.9 Å². The van der Waals surface area contributed by atoms with E-state index in [1.807, 2.05) is 56.3 Å². The first-order valence-electron chi connectivity index (χ1n) is 12.0. The molecule has 5 rings (SSSR count). The zero-order valence-corrected chi connectivity index (χ0v) is 20.5. The number of ether oxygens (including phenoxy) is 1. The topological polar surface area (TPSA) is 93.6 Å². The number of urea groups is 1. The third-order valence-electron chi connectivity index (χ3n) is 6.29. The first-order valence-corrected chi connectivity index (χ1v) is 12.0. The number of allylic oxidation sites excluding steroid dienone is 1. The van der Waals surface area contributed by atoms with E-state index in [9.17, 15) is 4.79 Å². The van der Waals surface area contributed by atoms with Gasteiger partial charge in [-0.3, -0.25) is 4.90 Å². The molecular weight excluding hydrogens is 456 g/mol. The summed E-state index contributed by atoms with van der Waals surface area (Å²) in [6, 6.07) is 18.7. The molecule has 1 N–H and O–H groups in total. The Morgan fingerprint density at radius 2 is 1.83 bits per heavy atom. The summed E-state index contributed by atoms with van der Waals surface area (Å²) in [5.41, 5.74) is 4.43. The standard InChI is InChI=1S/C28H28N4O4/c1-4-19-8-10-21(11-9-19)26-30-27(36-31-26)24-18(3)32(17-23-7-6-16-35-23)28(33)29-25(24)20-12-14-22(15-13-20)34-5-2/h6-16,25H,4-5,17H2,1-3H3,(H,29,33). The Balaban J connectivity index is 1.55. The lowest BCUT2D eigenvalue weighted by atomic mass is 9.94. The van der Waals surface area contributed by atoms with Gasteiger partial charge in [0.1, 0.15) is 11.5 Å². The van der Waals surface area contributed by atoms with E-state index in [4.69, 9.17) is 18.7 Å². The molecule has 1 atom stereocenters. The van der Waals surface area contributed by atoms with Crippen LogP contribution in [0.3, 0.4) is 0 Å². The normalized spacial score (nSPS) is 15.8. The molecule has 0 radical (unpaired) electrons. The number of hydrogen-bond donors (Lipinski definition) is 1. The fraction of sp³-hybridized carbons (Fsp3) is 0.250. The van der Waals surface area contributed by atoms with Gasteiger partial charge in [-0.1, -0.05) is 48.5 Å². The number of furan rings is 1. The number of nitrogens with one attached hydrogen (secondary N) is 1. The van der Waals surface area contributed by atoms with Crippen molar-refractivity contribution in [2.24, 2.45) is 0 Å². The molecule has 0 aliphatic carbocycles. The van der Waals surface area contributed by atoms with Gasteiger partial charge < -0.3 is 19.0 Å². The van der Waals surface area contributed by atoms with E-state index in [0.29, 0.717) is 29.8 Å². The Kier molecular flexibility index (Phi) is 6.58. The Labute approximate surface area is 209 Å². The summed E-state index contributed by atoms with van der Waals surface area (Å²) in [7, 11) is 0. The molecule has 184 valence electrons. The smallest absolute Gasteiger partial charge is 0.322 e. The molecule has 2 aromatic carbocycles. The second kappa shape index (κ2) is 10.1. The molecule has 0 bridgehead atoms. The first kappa shape index (κ1) is 23.4. The molecule has 0 spiro atoms. The number of aryl methyl sites for hydroxylation is 1. The van der Waals surface area contributed by atoms with Gasteiger partial charge in [0.2, 0.25) is 5.82 Å². The zero-order valence-electron chi connectivity index (χ0n) is 20.5. The largest absolute Gasteiger partial charge is 0.494 e. The zero-order chi connectivity index (χ0) is 25.1. The summed E-state index contributed by atoms with van der Waals surface area (Å²) in [6.45, 7) is 6.80. The molecule has 1 aliphatic heterocycles. The van der Waals surface area contributed by atoms with Crippen molar-refractivity contribution in [1.82, 2.24) is 20.4 Å². The van der Waals surface area contributed by atoms with Crippen LogP contribution in [0.1, 0.15) is 49.6 Å². The molecule has 0 saturated carbocycles. The second-order valence-corrected chi connectivity index (χ2v) is 8.52.